The molecule has 104 valence electrons. The Kier molecular flexibility index (Phi) is 7.64. The fourth-order valence-electron chi connectivity index (χ4n) is 1.10. The molecule has 18 heavy (non-hydrogen) atoms. The minimum Gasteiger partial charge on any atom is -0.356 e. The van der Waals surface area contributed by atoms with Gasteiger partial charge in [0, 0.05) is 39.9 Å². The third-order valence-electron chi connectivity index (χ3n) is 2.18. The van der Waals surface area contributed by atoms with Gasteiger partial charge in [-0.1, -0.05) is 0 Å². The molecule has 0 bridgehead atoms. The number of carbonyl (C=O) groups is 3. The minimum absolute atomic E-state index is 0.0163. The Hall–Kier alpha value is -1.67. The predicted octanol–water partition coefficient (Wildman–Crippen LogP) is -0.642. The van der Waals surface area contributed by atoms with Crippen LogP contribution in [0.2, 0.25) is 0 Å². The van der Waals surface area contributed by atoms with Gasteiger partial charge < -0.3 is 5.32 Å². The molecule has 3 amide bonds. The summed E-state index contributed by atoms with van der Waals surface area (Å²) >= 11 is 0. The quantitative estimate of drug-likeness (QED) is 0.321. The van der Waals surface area contributed by atoms with Gasteiger partial charge in [0.1, 0.15) is 0 Å². The standard InChI is InChI=1S/C10H19N3O5/c1-12(17)9(15)4-3-7-11-8(14)5-6-10(16)13(2)18/h17-18H,3-7H2,1-2H3,(H,11,14). The van der Waals surface area contributed by atoms with Crippen LogP contribution in [0.4, 0.5) is 0 Å². The first-order valence-corrected chi connectivity index (χ1v) is 5.52. The highest BCUT2D eigenvalue weighted by molar-refractivity contribution is 5.83. The average molecular weight is 261 g/mol. The highest BCUT2D eigenvalue weighted by atomic mass is 16.5. The maximum atomic E-state index is 11.2. The summed E-state index contributed by atoms with van der Waals surface area (Å²) in [5.41, 5.74) is 0. The average Bonchev–Trinajstić information content (AvgIpc) is 2.30. The third kappa shape index (κ3) is 7.58. The second kappa shape index (κ2) is 8.43. The van der Waals surface area contributed by atoms with E-state index in [4.69, 9.17) is 10.4 Å². The van der Waals surface area contributed by atoms with E-state index in [0.29, 0.717) is 23.1 Å². The van der Waals surface area contributed by atoms with Gasteiger partial charge in [-0.15, -0.1) is 0 Å². The van der Waals surface area contributed by atoms with Crippen LogP contribution < -0.4 is 5.32 Å². The van der Waals surface area contributed by atoms with Crippen molar-refractivity contribution in [2.45, 2.75) is 25.7 Å². The van der Waals surface area contributed by atoms with Crippen LogP contribution in [-0.4, -0.2) is 58.9 Å². The molecule has 0 aromatic carbocycles. The van der Waals surface area contributed by atoms with Gasteiger partial charge in [-0.2, -0.15) is 0 Å². The van der Waals surface area contributed by atoms with Gasteiger partial charge in [0.25, 0.3) is 0 Å². The second-order valence-electron chi connectivity index (χ2n) is 3.79. The topological polar surface area (TPSA) is 110 Å². The van der Waals surface area contributed by atoms with Crippen molar-refractivity contribution in [1.82, 2.24) is 15.4 Å². The van der Waals surface area contributed by atoms with Crippen molar-refractivity contribution in [2.75, 3.05) is 20.6 Å². The Labute approximate surface area is 105 Å². The second-order valence-corrected chi connectivity index (χ2v) is 3.79. The molecule has 0 aliphatic rings. The summed E-state index contributed by atoms with van der Waals surface area (Å²) in [6, 6.07) is 0. The van der Waals surface area contributed by atoms with Crippen LogP contribution in [0.15, 0.2) is 0 Å². The van der Waals surface area contributed by atoms with Crippen molar-refractivity contribution in [1.29, 1.82) is 0 Å². The highest BCUT2D eigenvalue weighted by Gasteiger charge is 2.09. The van der Waals surface area contributed by atoms with E-state index < -0.39 is 11.8 Å². The molecule has 0 heterocycles. The lowest BCUT2D eigenvalue weighted by atomic mass is 10.2. The molecule has 0 spiro atoms. The molecule has 0 atom stereocenters. The van der Waals surface area contributed by atoms with Gasteiger partial charge in [-0.05, 0) is 6.42 Å². The largest absolute Gasteiger partial charge is 0.356 e. The van der Waals surface area contributed by atoms with E-state index in [2.05, 4.69) is 5.32 Å². The van der Waals surface area contributed by atoms with Crippen molar-refractivity contribution >= 4 is 17.7 Å². The Morgan fingerprint density at radius 2 is 1.44 bits per heavy atom. The van der Waals surface area contributed by atoms with Crippen molar-refractivity contribution in [3.05, 3.63) is 0 Å². The summed E-state index contributed by atoms with van der Waals surface area (Å²) in [6.45, 7) is 0.293. The Morgan fingerprint density at radius 3 is 1.94 bits per heavy atom. The molecule has 8 nitrogen and oxygen atoms in total. The molecule has 0 aromatic heterocycles. The Balaban J connectivity index is 3.60. The smallest absolute Gasteiger partial charge is 0.246 e. The molecular formula is C10H19N3O5. The summed E-state index contributed by atoms with van der Waals surface area (Å²) in [4.78, 5) is 33.2. The summed E-state index contributed by atoms with van der Waals surface area (Å²) in [6.07, 6.45) is 0.448. The maximum Gasteiger partial charge on any atom is 0.246 e. The fraction of sp³-hybridized carbons (Fsp3) is 0.700. The van der Waals surface area contributed by atoms with E-state index in [0.717, 1.165) is 0 Å². The van der Waals surface area contributed by atoms with E-state index in [1.165, 1.54) is 14.1 Å². The Bertz CT molecular complexity index is 304. The summed E-state index contributed by atoms with van der Waals surface area (Å²) in [5, 5.41) is 21.0. The molecule has 3 N–H and O–H groups in total. The molecule has 8 heteroatoms. The lowest BCUT2D eigenvalue weighted by molar-refractivity contribution is -0.159. The number of hydrogen-bond donors (Lipinski definition) is 3. The van der Waals surface area contributed by atoms with Crippen LogP contribution >= 0.6 is 0 Å². The SMILES string of the molecule is CN(O)C(=O)CCCNC(=O)CCC(=O)N(C)O. The molecule has 0 aliphatic heterocycles. The molecule has 0 aliphatic carbocycles. The van der Waals surface area contributed by atoms with E-state index >= 15 is 0 Å². The van der Waals surface area contributed by atoms with E-state index in [-0.39, 0.29) is 25.2 Å². The predicted molar refractivity (Wildman–Crippen MR) is 60.6 cm³/mol. The van der Waals surface area contributed by atoms with E-state index in [9.17, 15) is 14.4 Å². The Morgan fingerprint density at radius 1 is 0.944 bits per heavy atom. The number of rotatable bonds is 7. The first kappa shape index (κ1) is 16.3. The van der Waals surface area contributed by atoms with Gasteiger partial charge in [0.05, 0.1) is 0 Å². The summed E-state index contributed by atoms with van der Waals surface area (Å²) < 4.78 is 0. The number of nitrogens with one attached hydrogen (secondary N) is 1. The monoisotopic (exact) mass is 261 g/mol. The zero-order chi connectivity index (χ0) is 14.1. The molecular weight excluding hydrogens is 242 g/mol. The van der Waals surface area contributed by atoms with Crippen LogP contribution in [-0.2, 0) is 14.4 Å². The number of nitrogens with zero attached hydrogens (tertiary/aromatic N) is 2. The van der Waals surface area contributed by atoms with Gasteiger partial charge in [0.15, 0.2) is 0 Å². The third-order valence-corrected chi connectivity index (χ3v) is 2.18. The zero-order valence-corrected chi connectivity index (χ0v) is 10.5. The normalized spacial score (nSPS) is 9.78. The van der Waals surface area contributed by atoms with Crippen LogP contribution in [0.3, 0.4) is 0 Å². The summed E-state index contributed by atoms with van der Waals surface area (Å²) in [7, 11) is 2.43. The lowest BCUT2D eigenvalue weighted by Crippen LogP contribution is -2.29. The molecule has 0 aromatic rings. The van der Waals surface area contributed by atoms with Gasteiger partial charge in [-0.3, -0.25) is 24.8 Å². The molecule has 0 radical (unpaired) electrons. The minimum atomic E-state index is -0.540. The van der Waals surface area contributed by atoms with Crippen LogP contribution in [0.25, 0.3) is 0 Å². The van der Waals surface area contributed by atoms with Crippen LogP contribution in [0, 0.1) is 0 Å². The molecule has 0 fully saturated rings. The van der Waals surface area contributed by atoms with Gasteiger partial charge in [-0.25, -0.2) is 10.1 Å². The lowest BCUT2D eigenvalue weighted by Gasteiger charge is -2.09. The number of hydrogen-bond acceptors (Lipinski definition) is 5. The van der Waals surface area contributed by atoms with Gasteiger partial charge >= 0.3 is 0 Å². The first-order chi connectivity index (χ1) is 8.34. The zero-order valence-electron chi connectivity index (χ0n) is 10.5. The van der Waals surface area contributed by atoms with Crippen molar-refractivity contribution < 1.29 is 24.8 Å². The van der Waals surface area contributed by atoms with Crippen molar-refractivity contribution in [3.8, 4) is 0 Å². The maximum absolute atomic E-state index is 11.2. The van der Waals surface area contributed by atoms with Crippen LogP contribution in [0.1, 0.15) is 25.7 Å². The number of amides is 3. The number of hydroxylamine groups is 4. The van der Waals surface area contributed by atoms with E-state index in [1.807, 2.05) is 0 Å². The van der Waals surface area contributed by atoms with Crippen molar-refractivity contribution in [3.63, 3.8) is 0 Å². The number of carbonyl (C=O) groups excluding carboxylic acids is 3. The van der Waals surface area contributed by atoms with Crippen LogP contribution in [0.5, 0.6) is 0 Å². The molecule has 0 rings (SSSR count). The highest BCUT2D eigenvalue weighted by Crippen LogP contribution is 1.95. The fourth-order valence-corrected chi connectivity index (χ4v) is 1.10. The van der Waals surface area contributed by atoms with E-state index in [1.54, 1.807) is 0 Å². The molecule has 0 saturated carbocycles. The summed E-state index contributed by atoms with van der Waals surface area (Å²) in [5.74, 6) is -1.29. The molecule has 0 unspecified atom stereocenters. The molecule has 0 saturated heterocycles. The first-order valence-electron chi connectivity index (χ1n) is 5.52. The van der Waals surface area contributed by atoms with Crippen molar-refractivity contribution in [2.24, 2.45) is 0 Å². The van der Waals surface area contributed by atoms with Gasteiger partial charge in [0.2, 0.25) is 17.7 Å².